The molecule has 2 heterocycles. The van der Waals surface area contributed by atoms with Crippen molar-refractivity contribution in [1.82, 2.24) is 9.88 Å². The normalized spacial score (nSPS) is 16.3. The first-order valence-corrected chi connectivity index (χ1v) is 9.45. The maximum absolute atomic E-state index is 13.3. The number of aldehydes is 1. The predicted molar refractivity (Wildman–Crippen MR) is 107 cm³/mol. The van der Waals surface area contributed by atoms with Crippen LogP contribution in [0.1, 0.15) is 36.4 Å². The summed E-state index contributed by atoms with van der Waals surface area (Å²) < 4.78 is 13.3. The highest BCUT2D eigenvalue weighted by Gasteiger charge is 2.23. The van der Waals surface area contributed by atoms with Gasteiger partial charge in [0.25, 0.3) is 0 Å². The van der Waals surface area contributed by atoms with Crippen molar-refractivity contribution in [2.75, 3.05) is 13.1 Å². The summed E-state index contributed by atoms with van der Waals surface area (Å²) in [5.41, 5.74) is 4.89. The second kappa shape index (κ2) is 7.89. The second-order valence-electron chi connectivity index (χ2n) is 7.03. The first-order valence-electron chi connectivity index (χ1n) is 9.45. The Hall–Kier alpha value is -2.72. The molecule has 27 heavy (non-hydrogen) atoms. The van der Waals surface area contributed by atoms with E-state index in [0.717, 1.165) is 43.3 Å². The fourth-order valence-electron chi connectivity index (χ4n) is 4.05. The Labute approximate surface area is 158 Å². The van der Waals surface area contributed by atoms with Crippen molar-refractivity contribution >= 4 is 22.8 Å². The summed E-state index contributed by atoms with van der Waals surface area (Å²) >= 11 is 0. The maximum Gasteiger partial charge on any atom is 0.123 e. The van der Waals surface area contributed by atoms with Gasteiger partial charge in [-0.3, -0.25) is 4.90 Å². The van der Waals surface area contributed by atoms with E-state index in [9.17, 15) is 9.18 Å². The first kappa shape index (κ1) is 17.7. The van der Waals surface area contributed by atoms with Crippen molar-refractivity contribution in [2.24, 2.45) is 0 Å². The number of fused-ring (bicyclic) bond motifs is 1. The quantitative estimate of drug-likeness (QED) is 0.618. The summed E-state index contributed by atoms with van der Waals surface area (Å²) in [7, 11) is 0. The molecule has 0 spiro atoms. The molecule has 138 valence electrons. The van der Waals surface area contributed by atoms with Gasteiger partial charge in [0.05, 0.1) is 0 Å². The van der Waals surface area contributed by atoms with E-state index in [1.807, 2.05) is 18.3 Å². The molecule has 0 bridgehead atoms. The summed E-state index contributed by atoms with van der Waals surface area (Å²) in [6.07, 6.45) is 7.47. The Kier molecular flexibility index (Phi) is 5.16. The number of hydrogen-bond acceptors (Lipinski definition) is 2. The number of benzene rings is 2. The molecule has 0 saturated heterocycles. The molecule has 3 nitrogen and oxygen atoms in total. The number of halogens is 1. The van der Waals surface area contributed by atoms with Gasteiger partial charge in [-0.25, -0.2) is 4.39 Å². The van der Waals surface area contributed by atoms with Gasteiger partial charge in [0.15, 0.2) is 0 Å². The van der Waals surface area contributed by atoms with Crippen LogP contribution in [-0.4, -0.2) is 29.3 Å². The van der Waals surface area contributed by atoms with Crippen LogP contribution in [0.4, 0.5) is 4.39 Å². The molecule has 0 radical (unpaired) electrons. The summed E-state index contributed by atoms with van der Waals surface area (Å²) in [4.78, 5) is 16.6. The Balaban J connectivity index is 1.57. The van der Waals surface area contributed by atoms with Crippen molar-refractivity contribution in [3.05, 3.63) is 77.7 Å². The van der Waals surface area contributed by atoms with Crippen molar-refractivity contribution in [1.29, 1.82) is 0 Å². The monoisotopic (exact) mass is 362 g/mol. The largest absolute Gasteiger partial charge is 0.361 e. The minimum atomic E-state index is -0.228. The zero-order chi connectivity index (χ0) is 18.6. The summed E-state index contributed by atoms with van der Waals surface area (Å²) in [6, 6.07) is 15.3. The fourth-order valence-corrected chi connectivity index (χ4v) is 4.05. The molecule has 0 saturated carbocycles. The lowest BCUT2D eigenvalue weighted by Gasteiger charge is -2.34. The topological polar surface area (TPSA) is 36.1 Å². The van der Waals surface area contributed by atoms with Gasteiger partial charge in [0, 0.05) is 42.7 Å². The molecule has 4 heteroatoms. The van der Waals surface area contributed by atoms with E-state index < -0.39 is 0 Å². The van der Waals surface area contributed by atoms with Gasteiger partial charge in [-0.2, -0.15) is 0 Å². The van der Waals surface area contributed by atoms with Crippen LogP contribution in [0.2, 0.25) is 0 Å². The Morgan fingerprint density at radius 3 is 2.74 bits per heavy atom. The van der Waals surface area contributed by atoms with Gasteiger partial charge in [-0.1, -0.05) is 30.3 Å². The summed E-state index contributed by atoms with van der Waals surface area (Å²) in [5.74, 6) is -0.228. The lowest BCUT2D eigenvalue weighted by molar-refractivity contribution is -0.108. The fraction of sp³-hybridized carbons (Fsp3) is 0.261. The minimum Gasteiger partial charge on any atom is -0.361 e. The number of nitrogens with one attached hydrogen (secondary N) is 1. The lowest BCUT2D eigenvalue weighted by atomic mass is 9.93. The average Bonchev–Trinajstić information content (AvgIpc) is 3.19. The molecule has 0 amide bonds. The van der Waals surface area contributed by atoms with Crippen LogP contribution in [0.15, 0.2) is 60.8 Å². The van der Waals surface area contributed by atoms with Crippen LogP contribution in [0.25, 0.3) is 16.5 Å². The zero-order valence-electron chi connectivity index (χ0n) is 15.2. The average molecular weight is 362 g/mol. The Morgan fingerprint density at radius 1 is 1.15 bits per heavy atom. The molecule has 3 aromatic rings. The van der Waals surface area contributed by atoms with Crippen molar-refractivity contribution < 1.29 is 9.18 Å². The van der Waals surface area contributed by atoms with Gasteiger partial charge in [0.1, 0.15) is 12.1 Å². The van der Waals surface area contributed by atoms with E-state index in [1.54, 1.807) is 0 Å². The number of rotatable bonds is 6. The highest BCUT2D eigenvalue weighted by Crippen LogP contribution is 2.33. The van der Waals surface area contributed by atoms with Crippen LogP contribution in [0.5, 0.6) is 0 Å². The number of carbonyl (C=O) groups is 1. The zero-order valence-corrected chi connectivity index (χ0v) is 15.2. The van der Waals surface area contributed by atoms with E-state index in [4.69, 9.17) is 0 Å². The van der Waals surface area contributed by atoms with Crippen LogP contribution in [-0.2, 0) is 4.79 Å². The number of carbonyl (C=O) groups excluding carboxylic acids is 1. The predicted octanol–water partition coefficient (Wildman–Crippen LogP) is 5.12. The molecule has 2 aromatic carbocycles. The van der Waals surface area contributed by atoms with E-state index in [1.165, 1.54) is 28.7 Å². The van der Waals surface area contributed by atoms with Crippen LogP contribution >= 0.6 is 0 Å². The van der Waals surface area contributed by atoms with E-state index in [2.05, 4.69) is 40.2 Å². The molecule has 0 aliphatic carbocycles. The van der Waals surface area contributed by atoms with Gasteiger partial charge in [-0.15, -0.1) is 0 Å². The SMILES string of the molecule is O=CCCC(c1ccc(F)cc1)N1CC=C(c2cccc3[nH]ccc23)CC1. The lowest BCUT2D eigenvalue weighted by Crippen LogP contribution is -2.33. The number of hydrogen-bond donors (Lipinski definition) is 1. The molecule has 1 aromatic heterocycles. The smallest absolute Gasteiger partial charge is 0.123 e. The molecule has 1 aliphatic heterocycles. The van der Waals surface area contributed by atoms with E-state index >= 15 is 0 Å². The third kappa shape index (κ3) is 3.71. The van der Waals surface area contributed by atoms with Gasteiger partial charge in [0.2, 0.25) is 0 Å². The molecular formula is C23H23FN2O. The molecule has 1 N–H and O–H groups in total. The van der Waals surface area contributed by atoms with Crippen LogP contribution in [0, 0.1) is 5.82 Å². The third-order valence-electron chi connectivity index (χ3n) is 5.43. The van der Waals surface area contributed by atoms with E-state index in [-0.39, 0.29) is 11.9 Å². The van der Waals surface area contributed by atoms with Crippen molar-refractivity contribution in [3.63, 3.8) is 0 Å². The standard InChI is InChI=1S/C23H23FN2O/c24-19-8-6-18(7-9-19)23(5-2-16-27)26-14-11-17(12-15-26)20-3-1-4-22-21(20)10-13-25-22/h1,3-4,6-11,13,16,23,25H,2,5,12,14-15H2. The second-order valence-corrected chi connectivity index (χ2v) is 7.03. The van der Waals surface area contributed by atoms with Crippen LogP contribution in [0.3, 0.4) is 0 Å². The minimum absolute atomic E-state index is 0.136. The Morgan fingerprint density at radius 2 is 2.00 bits per heavy atom. The molecule has 1 unspecified atom stereocenters. The summed E-state index contributed by atoms with van der Waals surface area (Å²) in [6.45, 7) is 1.75. The van der Waals surface area contributed by atoms with Crippen molar-refractivity contribution in [3.8, 4) is 0 Å². The maximum atomic E-state index is 13.3. The highest BCUT2D eigenvalue weighted by atomic mass is 19.1. The Bertz CT molecular complexity index is 958. The molecule has 0 fully saturated rings. The number of nitrogens with zero attached hydrogens (tertiary/aromatic N) is 1. The van der Waals surface area contributed by atoms with Gasteiger partial charge < -0.3 is 9.78 Å². The summed E-state index contributed by atoms with van der Waals surface area (Å²) in [5, 5.41) is 1.26. The number of aromatic amines is 1. The van der Waals surface area contributed by atoms with Gasteiger partial charge in [-0.05, 0) is 53.8 Å². The number of H-pyrrole nitrogens is 1. The van der Waals surface area contributed by atoms with Crippen LogP contribution < -0.4 is 0 Å². The number of aromatic nitrogens is 1. The molecule has 4 rings (SSSR count). The van der Waals surface area contributed by atoms with Crippen molar-refractivity contribution in [2.45, 2.75) is 25.3 Å². The first-order chi connectivity index (χ1) is 13.3. The molecule has 1 atom stereocenters. The van der Waals surface area contributed by atoms with E-state index in [0.29, 0.717) is 6.42 Å². The third-order valence-corrected chi connectivity index (χ3v) is 5.43. The molecule has 1 aliphatic rings. The van der Waals surface area contributed by atoms with Gasteiger partial charge >= 0.3 is 0 Å². The highest BCUT2D eigenvalue weighted by molar-refractivity contribution is 5.92. The molecular weight excluding hydrogens is 339 g/mol.